The van der Waals surface area contributed by atoms with Gasteiger partial charge in [-0.2, -0.15) is 5.01 Å². The monoisotopic (exact) mass is 308 g/mol. The van der Waals surface area contributed by atoms with E-state index in [0.717, 1.165) is 25.5 Å². The van der Waals surface area contributed by atoms with Crippen LogP contribution < -0.4 is 10.3 Å². The van der Waals surface area contributed by atoms with E-state index in [4.69, 9.17) is 0 Å². The molecule has 23 heavy (non-hydrogen) atoms. The number of benzene rings is 2. The van der Waals surface area contributed by atoms with Gasteiger partial charge in [0.25, 0.3) is 0 Å². The van der Waals surface area contributed by atoms with Crippen LogP contribution in [-0.4, -0.2) is 30.2 Å². The first-order chi connectivity index (χ1) is 11.3. The number of hydrogen-bond donors (Lipinski definition) is 1. The van der Waals surface area contributed by atoms with E-state index >= 15 is 0 Å². The van der Waals surface area contributed by atoms with Crippen molar-refractivity contribution in [3.05, 3.63) is 66.2 Å². The Morgan fingerprint density at radius 3 is 2.30 bits per heavy atom. The lowest BCUT2D eigenvalue weighted by molar-refractivity contribution is 0.212. The third-order valence-electron chi connectivity index (χ3n) is 4.12. The Bertz CT molecular complexity index is 639. The molecule has 0 aromatic heterocycles. The summed E-state index contributed by atoms with van der Waals surface area (Å²) in [6, 6.07) is 21.0. The van der Waals surface area contributed by atoms with Crippen molar-refractivity contribution in [3.8, 4) is 0 Å². The zero-order valence-corrected chi connectivity index (χ0v) is 13.8. The van der Waals surface area contributed by atoms with Crippen LogP contribution in [0.15, 0.2) is 65.7 Å². The van der Waals surface area contributed by atoms with Gasteiger partial charge < -0.3 is 0 Å². The van der Waals surface area contributed by atoms with E-state index in [1.165, 1.54) is 11.3 Å². The molecule has 0 aliphatic carbocycles. The van der Waals surface area contributed by atoms with Gasteiger partial charge >= 0.3 is 0 Å². The van der Waals surface area contributed by atoms with Crippen LogP contribution in [0.5, 0.6) is 0 Å². The normalized spacial score (nSPS) is 20.0. The van der Waals surface area contributed by atoms with Gasteiger partial charge in [-0.3, -0.25) is 15.3 Å². The number of hydrogen-bond acceptors (Lipinski definition) is 2. The Balaban J connectivity index is 1.75. The minimum Gasteiger partial charge on any atom is -0.294 e. The fraction of sp³-hybridized carbons (Fsp3) is 0.316. The SMILES string of the molecule is CCN=C1NN(CCc2ccccc2)C(C)N1c1ccccc1. The zero-order chi connectivity index (χ0) is 16.1. The zero-order valence-electron chi connectivity index (χ0n) is 13.8. The highest BCUT2D eigenvalue weighted by Crippen LogP contribution is 2.22. The number of anilines is 1. The van der Waals surface area contributed by atoms with Gasteiger partial charge in [-0.25, -0.2) is 0 Å². The van der Waals surface area contributed by atoms with E-state index in [-0.39, 0.29) is 6.17 Å². The van der Waals surface area contributed by atoms with Gasteiger partial charge in [0.15, 0.2) is 0 Å². The molecule has 4 nitrogen and oxygen atoms in total. The topological polar surface area (TPSA) is 30.9 Å². The maximum atomic E-state index is 4.63. The number of guanidine groups is 1. The Hall–Kier alpha value is -2.33. The Morgan fingerprint density at radius 2 is 1.65 bits per heavy atom. The Labute approximate surface area is 138 Å². The molecular formula is C19H24N4. The van der Waals surface area contributed by atoms with Gasteiger partial charge in [0.2, 0.25) is 5.96 Å². The molecule has 120 valence electrons. The van der Waals surface area contributed by atoms with Crippen molar-refractivity contribution < 1.29 is 0 Å². The van der Waals surface area contributed by atoms with Crippen molar-refractivity contribution in [2.24, 2.45) is 4.99 Å². The molecule has 3 rings (SSSR count). The number of nitrogens with one attached hydrogen (secondary N) is 1. The molecule has 1 unspecified atom stereocenters. The van der Waals surface area contributed by atoms with E-state index < -0.39 is 0 Å². The minimum atomic E-state index is 0.228. The van der Waals surface area contributed by atoms with E-state index in [0.29, 0.717) is 0 Å². The smallest absolute Gasteiger partial charge is 0.214 e. The molecule has 1 heterocycles. The van der Waals surface area contributed by atoms with Crippen LogP contribution in [0.4, 0.5) is 5.69 Å². The summed E-state index contributed by atoms with van der Waals surface area (Å²) in [6.07, 6.45) is 1.24. The second-order valence-electron chi connectivity index (χ2n) is 5.68. The first kappa shape index (κ1) is 15.6. The third kappa shape index (κ3) is 3.54. The maximum Gasteiger partial charge on any atom is 0.214 e. The molecule has 1 atom stereocenters. The van der Waals surface area contributed by atoms with Gasteiger partial charge in [-0.05, 0) is 38.0 Å². The summed E-state index contributed by atoms with van der Waals surface area (Å²) >= 11 is 0. The van der Waals surface area contributed by atoms with E-state index in [2.05, 4.69) is 88.8 Å². The molecule has 1 aliphatic heterocycles. The molecule has 2 aromatic carbocycles. The molecule has 0 saturated carbocycles. The van der Waals surface area contributed by atoms with Gasteiger partial charge in [0.1, 0.15) is 6.17 Å². The van der Waals surface area contributed by atoms with E-state index in [1.54, 1.807) is 0 Å². The molecule has 0 amide bonds. The molecule has 2 aromatic rings. The summed E-state index contributed by atoms with van der Waals surface area (Å²) in [5.41, 5.74) is 5.99. The molecule has 0 radical (unpaired) electrons. The Kier molecular flexibility index (Phi) is 4.93. The fourth-order valence-corrected chi connectivity index (χ4v) is 2.92. The average molecular weight is 308 g/mol. The second kappa shape index (κ2) is 7.29. The second-order valence-corrected chi connectivity index (χ2v) is 5.68. The predicted octanol–water partition coefficient (Wildman–Crippen LogP) is 3.28. The van der Waals surface area contributed by atoms with Crippen molar-refractivity contribution in [2.45, 2.75) is 26.4 Å². The maximum absolute atomic E-state index is 4.63. The predicted molar refractivity (Wildman–Crippen MR) is 96.3 cm³/mol. The summed E-state index contributed by atoms with van der Waals surface area (Å²) in [6.45, 7) is 5.99. The number of hydrazine groups is 1. The highest BCUT2D eigenvalue weighted by atomic mass is 15.7. The number of para-hydroxylation sites is 1. The van der Waals surface area contributed by atoms with Gasteiger partial charge in [-0.1, -0.05) is 48.5 Å². The van der Waals surface area contributed by atoms with Crippen LogP contribution in [0.1, 0.15) is 19.4 Å². The summed E-state index contributed by atoms with van der Waals surface area (Å²) in [5, 5.41) is 2.26. The molecule has 0 bridgehead atoms. The van der Waals surface area contributed by atoms with Crippen LogP contribution in [-0.2, 0) is 6.42 Å². The fourth-order valence-electron chi connectivity index (χ4n) is 2.92. The van der Waals surface area contributed by atoms with Crippen LogP contribution in [0.3, 0.4) is 0 Å². The van der Waals surface area contributed by atoms with Crippen molar-refractivity contribution >= 4 is 11.6 Å². The minimum absolute atomic E-state index is 0.228. The molecule has 1 fully saturated rings. The average Bonchev–Trinajstić information content (AvgIpc) is 2.91. The van der Waals surface area contributed by atoms with Gasteiger partial charge in [-0.15, -0.1) is 0 Å². The summed E-state index contributed by atoms with van der Waals surface area (Å²) in [4.78, 5) is 6.89. The van der Waals surface area contributed by atoms with E-state index in [1.807, 2.05) is 6.07 Å². The first-order valence-corrected chi connectivity index (χ1v) is 8.25. The van der Waals surface area contributed by atoms with Crippen LogP contribution >= 0.6 is 0 Å². The highest BCUT2D eigenvalue weighted by Gasteiger charge is 2.33. The van der Waals surface area contributed by atoms with Crippen LogP contribution in [0.2, 0.25) is 0 Å². The van der Waals surface area contributed by atoms with Crippen LogP contribution in [0, 0.1) is 0 Å². The van der Waals surface area contributed by atoms with E-state index in [9.17, 15) is 0 Å². The summed E-state index contributed by atoms with van der Waals surface area (Å²) in [5.74, 6) is 0.930. The highest BCUT2D eigenvalue weighted by molar-refractivity contribution is 5.98. The van der Waals surface area contributed by atoms with Crippen molar-refractivity contribution in [1.82, 2.24) is 10.4 Å². The molecular weight excluding hydrogens is 284 g/mol. The largest absolute Gasteiger partial charge is 0.294 e. The standard InChI is InChI=1S/C19H24N4/c1-3-20-19-21-22(15-14-17-10-6-4-7-11-17)16(2)23(19)18-12-8-5-9-13-18/h4-13,16H,3,14-15H2,1-2H3,(H,20,21). The number of aliphatic imine (C=N–C) groups is 1. The number of rotatable bonds is 5. The summed E-state index contributed by atoms with van der Waals surface area (Å²) < 4.78 is 0. The lowest BCUT2D eigenvalue weighted by Gasteiger charge is -2.25. The molecule has 1 saturated heterocycles. The molecule has 4 heteroatoms. The van der Waals surface area contributed by atoms with Gasteiger partial charge in [0, 0.05) is 18.8 Å². The number of nitrogens with zero attached hydrogens (tertiary/aromatic N) is 3. The van der Waals surface area contributed by atoms with Gasteiger partial charge in [0.05, 0.1) is 0 Å². The van der Waals surface area contributed by atoms with Crippen molar-refractivity contribution in [3.63, 3.8) is 0 Å². The third-order valence-corrected chi connectivity index (χ3v) is 4.12. The van der Waals surface area contributed by atoms with Crippen LogP contribution in [0.25, 0.3) is 0 Å². The lowest BCUT2D eigenvalue weighted by atomic mass is 10.1. The molecule has 0 spiro atoms. The Morgan fingerprint density at radius 1 is 1.00 bits per heavy atom. The lowest BCUT2D eigenvalue weighted by Crippen LogP contribution is -2.40. The molecule has 1 aliphatic rings. The first-order valence-electron chi connectivity index (χ1n) is 8.25. The summed E-state index contributed by atoms with van der Waals surface area (Å²) in [7, 11) is 0. The van der Waals surface area contributed by atoms with Crippen molar-refractivity contribution in [1.29, 1.82) is 0 Å². The van der Waals surface area contributed by atoms with Crippen molar-refractivity contribution in [2.75, 3.05) is 18.0 Å². The quantitative estimate of drug-likeness (QED) is 0.919. The molecule has 1 N–H and O–H groups in total.